The van der Waals surface area contributed by atoms with Crippen LogP contribution in [0.4, 0.5) is 0 Å². The highest BCUT2D eigenvalue weighted by atomic mass is 31.3. The van der Waals surface area contributed by atoms with Crippen molar-refractivity contribution < 1.29 is 47.6 Å². The second-order valence-corrected chi connectivity index (χ2v) is 9.62. The van der Waals surface area contributed by atoms with Gasteiger partial charge in [0, 0.05) is 25.5 Å². The molecule has 1 fully saturated rings. The van der Waals surface area contributed by atoms with Crippen LogP contribution in [0.15, 0.2) is 34.1 Å². The van der Waals surface area contributed by atoms with Crippen LogP contribution in [0, 0.1) is 0 Å². The first-order valence-corrected chi connectivity index (χ1v) is 11.9. The third-order valence-electron chi connectivity index (χ3n) is 4.41. The Morgan fingerprint density at radius 1 is 1.12 bits per heavy atom. The maximum Gasteiger partial charge on any atom is 0.481 e. The van der Waals surface area contributed by atoms with E-state index in [0.717, 1.165) is 21.4 Å². The molecular formula is C14H20N4O12P2. The molecule has 0 spiro atoms. The van der Waals surface area contributed by atoms with Crippen LogP contribution in [0.3, 0.4) is 0 Å². The Labute approximate surface area is 178 Å². The van der Waals surface area contributed by atoms with Gasteiger partial charge in [0.1, 0.15) is 18.3 Å². The van der Waals surface area contributed by atoms with Crippen molar-refractivity contribution in [2.24, 2.45) is 7.05 Å². The van der Waals surface area contributed by atoms with Crippen LogP contribution in [0.25, 0.3) is 0 Å². The lowest BCUT2D eigenvalue weighted by molar-refractivity contribution is -0.0547. The van der Waals surface area contributed by atoms with Gasteiger partial charge in [-0.2, -0.15) is 9.41 Å². The fourth-order valence-electron chi connectivity index (χ4n) is 3.00. The van der Waals surface area contributed by atoms with E-state index < -0.39 is 58.0 Å². The molecule has 32 heavy (non-hydrogen) atoms. The van der Waals surface area contributed by atoms with Crippen LogP contribution in [-0.4, -0.2) is 68.7 Å². The molecule has 178 valence electrons. The zero-order valence-corrected chi connectivity index (χ0v) is 18.1. The fourth-order valence-corrected chi connectivity index (χ4v) is 4.60. The van der Waals surface area contributed by atoms with E-state index in [2.05, 4.69) is 13.9 Å². The Morgan fingerprint density at radius 2 is 1.81 bits per heavy atom. The van der Waals surface area contributed by atoms with E-state index in [0.29, 0.717) is 5.69 Å². The van der Waals surface area contributed by atoms with Gasteiger partial charge in [-0.15, -0.1) is 0 Å². The lowest BCUT2D eigenvalue weighted by atomic mass is 10.1. The van der Waals surface area contributed by atoms with Crippen LogP contribution in [0.1, 0.15) is 11.9 Å². The molecule has 0 saturated carbocycles. The second kappa shape index (κ2) is 9.11. The molecule has 2 aromatic heterocycles. The van der Waals surface area contributed by atoms with Gasteiger partial charge in [0.25, 0.3) is 5.56 Å². The van der Waals surface area contributed by atoms with Gasteiger partial charge < -0.3 is 29.6 Å². The Hall–Kier alpha value is -1.97. The highest BCUT2D eigenvalue weighted by Gasteiger charge is 2.46. The van der Waals surface area contributed by atoms with Crippen molar-refractivity contribution in [2.45, 2.75) is 31.1 Å². The molecule has 18 heteroatoms. The molecule has 1 aliphatic heterocycles. The summed E-state index contributed by atoms with van der Waals surface area (Å²) in [6.45, 7) is -1.10. The smallest absolute Gasteiger partial charge is 0.387 e. The Morgan fingerprint density at radius 3 is 2.41 bits per heavy atom. The quantitative estimate of drug-likeness (QED) is 0.240. The summed E-state index contributed by atoms with van der Waals surface area (Å²) >= 11 is 0. The van der Waals surface area contributed by atoms with E-state index >= 15 is 0 Å². The highest BCUT2D eigenvalue weighted by molar-refractivity contribution is 7.60. The maximum absolute atomic E-state index is 12.8. The largest absolute Gasteiger partial charge is 0.481 e. The van der Waals surface area contributed by atoms with Crippen molar-refractivity contribution >= 4 is 15.6 Å². The fraction of sp³-hybridized carbons (Fsp3) is 0.500. The summed E-state index contributed by atoms with van der Waals surface area (Å²) in [6, 6.07) is 2.63. The molecule has 1 aliphatic rings. The summed E-state index contributed by atoms with van der Waals surface area (Å²) in [7, 11) is -8.93. The number of aliphatic hydroxyl groups excluding tert-OH is 2. The first-order chi connectivity index (χ1) is 14.8. The first kappa shape index (κ1) is 24.7. The molecule has 0 bridgehead atoms. The number of phosphoric acid groups is 2. The summed E-state index contributed by atoms with van der Waals surface area (Å²) in [6.07, 6.45) is -3.79. The molecule has 0 aromatic carbocycles. The van der Waals surface area contributed by atoms with Gasteiger partial charge in [-0.1, -0.05) is 0 Å². The molecule has 5 atom stereocenters. The van der Waals surface area contributed by atoms with E-state index in [-0.39, 0.29) is 6.54 Å². The maximum atomic E-state index is 12.8. The molecule has 16 nitrogen and oxygen atoms in total. The number of hydrogen-bond donors (Lipinski definition) is 5. The number of ether oxygens (including phenoxy) is 1. The van der Waals surface area contributed by atoms with E-state index in [1.54, 1.807) is 19.3 Å². The average molecular weight is 498 g/mol. The number of aryl methyl sites for hydroxylation is 1. The van der Waals surface area contributed by atoms with Crippen LogP contribution in [0.2, 0.25) is 0 Å². The third kappa shape index (κ3) is 5.68. The van der Waals surface area contributed by atoms with Crippen molar-refractivity contribution in [3.05, 3.63) is 51.1 Å². The van der Waals surface area contributed by atoms with E-state index in [1.807, 2.05) is 0 Å². The van der Waals surface area contributed by atoms with E-state index in [9.17, 15) is 33.8 Å². The summed E-state index contributed by atoms with van der Waals surface area (Å²) in [4.78, 5) is 51.5. The lowest BCUT2D eigenvalue weighted by Crippen LogP contribution is -2.43. The first-order valence-electron chi connectivity index (χ1n) is 8.84. The number of aliphatic hydroxyl groups is 2. The van der Waals surface area contributed by atoms with Crippen molar-refractivity contribution in [3.8, 4) is 0 Å². The minimum absolute atomic E-state index is 0.176. The van der Waals surface area contributed by atoms with Gasteiger partial charge in [-0.3, -0.25) is 23.1 Å². The summed E-state index contributed by atoms with van der Waals surface area (Å²) < 4.78 is 38.7. The zero-order chi connectivity index (χ0) is 23.8. The minimum Gasteiger partial charge on any atom is -0.387 e. The van der Waals surface area contributed by atoms with Gasteiger partial charge in [-0.05, 0) is 6.07 Å². The number of rotatable bonds is 8. The standard InChI is InChI=1S/C14H20N4O12P2/c1-16-4-2-8(15-16)6-18-10(19)3-5-17(14(18)22)13-12(21)11(20)9(29-13)7-28-32(26,27)30-31(23,24)25/h2-5,9,11-13,20-21H,6-7H2,1H3,(H,26,27)(H2,23,24,25)/t9-,11?,12?,13-/m1/s1. The topological polar surface area (TPSA) is 225 Å². The number of nitrogens with zero attached hydrogens (tertiary/aromatic N) is 4. The van der Waals surface area contributed by atoms with Crippen molar-refractivity contribution in [2.75, 3.05) is 6.61 Å². The predicted octanol–water partition coefficient (Wildman–Crippen LogP) is -2.36. The van der Waals surface area contributed by atoms with Crippen molar-refractivity contribution in [3.63, 3.8) is 0 Å². The van der Waals surface area contributed by atoms with Gasteiger partial charge in [0.15, 0.2) is 6.23 Å². The second-order valence-electron chi connectivity index (χ2n) is 6.79. The zero-order valence-electron chi connectivity index (χ0n) is 16.3. The van der Waals surface area contributed by atoms with Crippen LogP contribution in [-0.2, 0) is 36.3 Å². The normalized spacial score (nSPS) is 25.7. The molecule has 0 aliphatic carbocycles. The molecule has 3 unspecified atom stereocenters. The average Bonchev–Trinajstić information content (AvgIpc) is 3.19. The number of aromatic nitrogens is 4. The summed E-state index contributed by atoms with van der Waals surface area (Å²) in [5, 5.41) is 24.5. The Balaban J connectivity index is 1.79. The van der Waals surface area contributed by atoms with E-state index in [1.165, 1.54) is 4.68 Å². The summed E-state index contributed by atoms with van der Waals surface area (Å²) in [5.41, 5.74) is -1.13. The number of hydrogen-bond acceptors (Lipinski definition) is 10. The highest BCUT2D eigenvalue weighted by Crippen LogP contribution is 2.57. The molecule has 0 amide bonds. The van der Waals surface area contributed by atoms with Crippen LogP contribution in [0.5, 0.6) is 0 Å². The molecule has 0 radical (unpaired) electrons. The van der Waals surface area contributed by atoms with E-state index in [4.69, 9.17) is 14.5 Å². The van der Waals surface area contributed by atoms with Crippen LogP contribution >= 0.6 is 15.6 Å². The molecule has 5 N–H and O–H groups in total. The Kier molecular flexibility index (Phi) is 7.02. The van der Waals surface area contributed by atoms with Crippen molar-refractivity contribution in [1.82, 2.24) is 18.9 Å². The molecule has 3 heterocycles. The lowest BCUT2D eigenvalue weighted by Gasteiger charge is -2.19. The molecule has 1 saturated heterocycles. The monoisotopic (exact) mass is 498 g/mol. The third-order valence-corrected chi connectivity index (χ3v) is 6.56. The predicted molar refractivity (Wildman–Crippen MR) is 102 cm³/mol. The SMILES string of the molecule is Cn1ccc(Cn2c(=O)ccn([C@@H]3O[C@H](COP(=O)(O)OP(=O)(O)O)C(O)C3O)c2=O)n1. The van der Waals surface area contributed by atoms with Crippen molar-refractivity contribution in [1.29, 1.82) is 0 Å². The minimum atomic E-state index is -5.36. The van der Waals surface area contributed by atoms with Gasteiger partial charge in [-0.25, -0.2) is 13.9 Å². The molecular weight excluding hydrogens is 478 g/mol. The van der Waals surface area contributed by atoms with Gasteiger partial charge >= 0.3 is 21.3 Å². The van der Waals surface area contributed by atoms with Crippen LogP contribution < -0.4 is 11.2 Å². The molecule has 2 aromatic rings. The van der Waals surface area contributed by atoms with Gasteiger partial charge in [0.05, 0.1) is 18.8 Å². The number of phosphoric ester groups is 1. The Bertz CT molecular complexity index is 1180. The molecule has 3 rings (SSSR count). The summed E-state index contributed by atoms with van der Waals surface area (Å²) in [5.74, 6) is 0. The van der Waals surface area contributed by atoms with Gasteiger partial charge in [0.2, 0.25) is 0 Å².